The summed E-state index contributed by atoms with van der Waals surface area (Å²) < 4.78 is 14.7. The Labute approximate surface area is 200 Å². The zero-order valence-electron chi connectivity index (χ0n) is 12.6. The Bertz CT molecular complexity index is 750. The molecule has 2 aromatic carbocycles. The third-order valence-electron chi connectivity index (χ3n) is 2.89. The first kappa shape index (κ1) is 22.5. The number of rotatable bonds is 5. The van der Waals surface area contributed by atoms with Gasteiger partial charge >= 0.3 is 11.9 Å². The van der Waals surface area contributed by atoms with E-state index in [9.17, 15) is 9.59 Å². The Hall–Kier alpha value is 0.260. The molecule has 0 fully saturated rings. The maximum absolute atomic E-state index is 12.0. The van der Waals surface area contributed by atoms with Crippen molar-refractivity contribution in [3.8, 4) is 11.5 Å². The molecule has 2 aromatic rings. The lowest BCUT2D eigenvalue weighted by molar-refractivity contribution is -0.140. The van der Waals surface area contributed by atoms with Crippen molar-refractivity contribution in [3.05, 3.63) is 51.1 Å². The minimum atomic E-state index is -0.542. The fourth-order valence-corrected chi connectivity index (χ4v) is 6.63. The molecule has 0 spiro atoms. The highest BCUT2D eigenvalue weighted by Crippen LogP contribution is 2.38. The predicted molar refractivity (Wildman–Crippen MR) is 120 cm³/mol. The fourth-order valence-electron chi connectivity index (χ4n) is 1.79. The molecule has 0 aliphatic carbocycles. The molecular weight excluding hydrogens is 736 g/mol. The molecular formula is C16H8Br6O4. The van der Waals surface area contributed by atoms with Crippen molar-refractivity contribution in [2.75, 3.05) is 0 Å². The molecule has 0 N–H and O–H groups in total. The standard InChI is InChI=1S/C16H8Br6O4/c17-7-3-9(19)15(10(20)4-7)25-13(23)1-2-14(24)26-16-11(21)5-8(18)6-12(16)22/h3-6H,1-2H2. The summed E-state index contributed by atoms with van der Waals surface area (Å²) in [4.78, 5) is 24.1. The average molecular weight is 744 g/mol. The van der Waals surface area contributed by atoms with Crippen molar-refractivity contribution in [1.82, 2.24) is 0 Å². The quantitative estimate of drug-likeness (QED) is 0.235. The first-order valence-electron chi connectivity index (χ1n) is 6.88. The Morgan fingerprint density at radius 3 is 1.15 bits per heavy atom. The summed E-state index contributed by atoms with van der Waals surface area (Å²) >= 11 is 20.0. The molecule has 0 amide bonds. The smallest absolute Gasteiger partial charge is 0.311 e. The number of hydrogen-bond donors (Lipinski definition) is 0. The number of esters is 2. The van der Waals surface area contributed by atoms with E-state index in [4.69, 9.17) is 9.47 Å². The number of benzene rings is 2. The van der Waals surface area contributed by atoms with Crippen molar-refractivity contribution < 1.29 is 19.1 Å². The highest BCUT2D eigenvalue weighted by molar-refractivity contribution is 9.12. The summed E-state index contributed by atoms with van der Waals surface area (Å²) in [5.41, 5.74) is 0. The number of carbonyl (C=O) groups excluding carboxylic acids is 2. The van der Waals surface area contributed by atoms with Crippen LogP contribution in [-0.4, -0.2) is 11.9 Å². The van der Waals surface area contributed by atoms with Gasteiger partial charge in [-0.3, -0.25) is 9.59 Å². The second-order valence-electron chi connectivity index (χ2n) is 4.85. The van der Waals surface area contributed by atoms with Gasteiger partial charge in [-0.05, 0) is 88.0 Å². The van der Waals surface area contributed by atoms with Crippen LogP contribution in [0.5, 0.6) is 11.5 Å². The molecule has 4 nitrogen and oxygen atoms in total. The van der Waals surface area contributed by atoms with Crippen LogP contribution >= 0.6 is 95.6 Å². The van der Waals surface area contributed by atoms with Gasteiger partial charge in [-0.25, -0.2) is 0 Å². The van der Waals surface area contributed by atoms with E-state index in [0.29, 0.717) is 29.4 Å². The third kappa shape index (κ3) is 6.41. The maximum atomic E-state index is 12.0. The monoisotopic (exact) mass is 738 g/mol. The molecule has 0 unspecified atom stereocenters. The molecule has 2 rings (SSSR count). The van der Waals surface area contributed by atoms with Gasteiger partial charge in [0.25, 0.3) is 0 Å². The zero-order valence-corrected chi connectivity index (χ0v) is 22.1. The van der Waals surface area contributed by atoms with E-state index in [-0.39, 0.29) is 12.8 Å². The van der Waals surface area contributed by atoms with E-state index < -0.39 is 11.9 Å². The topological polar surface area (TPSA) is 52.6 Å². The predicted octanol–water partition coefficient (Wildman–Crippen LogP) is 7.55. The molecule has 10 heteroatoms. The highest BCUT2D eigenvalue weighted by atomic mass is 79.9. The van der Waals surface area contributed by atoms with Crippen LogP contribution in [0.2, 0.25) is 0 Å². The van der Waals surface area contributed by atoms with Gasteiger partial charge in [-0.15, -0.1) is 0 Å². The van der Waals surface area contributed by atoms with Crippen LogP contribution in [0.1, 0.15) is 12.8 Å². The van der Waals surface area contributed by atoms with Gasteiger partial charge in [0.2, 0.25) is 0 Å². The zero-order chi connectivity index (χ0) is 19.4. The van der Waals surface area contributed by atoms with Gasteiger partial charge < -0.3 is 9.47 Å². The van der Waals surface area contributed by atoms with Gasteiger partial charge in [-0.2, -0.15) is 0 Å². The minimum Gasteiger partial charge on any atom is -0.424 e. The molecule has 0 saturated heterocycles. The second kappa shape index (κ2) is 10.2. The van der Waals surface area contributed by atoms with E-state index >= 15 is 0 Å². The van der Waals surface area contributed by atoms with Gasteiger partial charge in [0, 0.05) is 8.95 Å². The largest absolute Gasteiger partial charge is 0.424 e. The number of hydrogen-bond acceptors (Lipinski definition) is 4. The molecule has 0 aromatic heterocycles. The Balaban J connectivity index is 1.95. The third-order valence-corrected chi connectivity index (χ3v) is 6.16. The molecule has 26 heavy (non-hydrogen) atoms. The van der Waals surface area contributed by atoms with E-state index in [2.05, 4.69) is 95.6 Å². The SMILES string of the molecule is O=C(CCC(=O)Oc1c(Br)cc(Br)cc1Br)Oc1c(Br)cc(Br)cc1Br. The van der Waals surface area contributed by atoms with Crippen LogP contribution in [-0.2, 0) is 9.59 Å². The Morgan fingerprint density at radius 2 is 0.885 bits per heavy atom. The van der Waals surface area contributed by atoms with E-state index in [0.717, 1.165) is 8.95 Å². The molecule has 0 saturated carbocycles. The number of ether oxygens (including phenoxy) is 2. The molecule has 0 aliphatic heterocycles. The summed E-state index contributed by atoms with van der Waals surface area (Å²) in [7, 11) is 0. The lowest BCUT2D eigenvalue weighted by atomic mass is 10.3. The van der Waals surface area contributed by atoms with E-state index in [1.165, 1.54) is 0 Å². The van der Waals surface area contributed by atoms with Crippen molar-refractivity contribution in [1.29, 1.82) is 0 Å². The van der Waals surface area contributed by atoms with Crippen LogP contribution in [0, 0.1) is 0 Å². The van der Waals surface area contributed by atoms with Crippen molar-refractivity contribution in [2.45, 2.75) is 12.8 Å². The Morgan fingerprint density at radius 1 is 0.615 bits per heavy atom. The molecule has 0 heterocycles. The van der Waals surface area contributed by atoms with E-state index in [1.807, 2.05) is 0 Å². The molecule has 0 aliphatic rings. The lowest BCUT2D eigenvalue weighted by Gasteiger charge is -2.10. The average Bonchev–Trinajstić information content (AvgIpc) is 2.52. The van der Waals surface area contributed by atoms with Crippen LogP contribution < -0.4 is 9.47 Å². The lowest BCUT2D eigenvalue weighted by Crippen LogP contribution is -2.14. The summed E-state index contributed by atoms with van der Waals surface area (Å²) in [5, 5.41) is 0. The van der Waals surface area contributed by atoms with Crippen LogP contribution in [0.3, 0.4) is 0 Å². The van der Waals surface area contributed by atoms with Gasteiger partial charge in [0.05, 0.1) is 30.7 Å². The molecule has 0 bridgehead atoms. The first-order chi connectivity index (χ1) is 12.2. The van der Waals surface area contributed by atoms with Gasteiger partial charge in [-0.1, -0.05) is 31.9 Å². The van der Waals surface area contributed by atoms with Crippen LogP contribution in [0.4, 0.5) is 0 Å². The van der Waals surface area contributed by atoms with Gasteiger partial charge in [0.1, 0.15) is 0 Å². The van der Waals surface area contributed by atoms with Crippen molar-refractivity contribution in [3.63, 3.8) is 0 Å². The first-order valence-corrected chi connectivity index (χ1v) is 11.6. The maximum Gasteiger partial charge on any atom is 0.311 e. The Kier molecular flexibility index (Phi) is 8.81. The number of carbonyl (C=O) groups is 2. The molecule has 0 radical (unpaired) electrons. The van der Waals surface area contributed by atoms with Gasteiger partial charge in [0.15, 0.2) is 11.5 Å². The van der Waals surface area contributed by atoms with Crippen molar-refractivity contribution in [2.24, 2.45) is 0 Å². The highest BCUT2D eigenvalue weighted by Gasteiger charge is 2.17. The summed E-state index contributed by atoms with van der Waals surface area (Å²) in [6.45, 7) is 0. The number of halogens is 6. The van der Waals surface area contributed by atoms with E-state index in [1.54, 1.807) is 24.3 Å². The normalized spacial score (nSPS) is 10.5. The molecule has 138 valence electrons. The second-order valence-corrected chi connectivity index (χ2v) is 10.1. The minimum absolute atomic E-state index is 0.112. The van der Waals surface area contributed by atoms with Crippen LogP contribution in [0.15, 0.2) is 51.1 Å². The summed E-state index contributed by atoms with van der Waals surface area (Å²) in [6.07, 6.45) is -0.223. The summed E-state index contributed by atoms with van der Waals surface area (Å²) in [6, 6.07) is 7.02. The molecule has 0 atom stereocenters. The summed E-state index contributed by atoms with van der Waals surface area (Å²) in [5.74, 6) is -0.380. The van der Waals surface area contributed by atoms with Crippen molar-refractivity contribution >= 4 is 108 Å². The fraction of sp³-hybridized carbons (Fsp3) is 0.125. The van der Waals surface area contributed by atoms with Crippen LogP contribution in [0.25, 0.3) is 0 Å².